The van der Waals surface area contributed by atoms with E-state index in [1.165, 1.54) is 12.4 Å². The molecule has 5 rings (SSSR count). The first-order chi connectivity index (χ1) is 15.7. The molecule has 0 spiro atoms. The van der Waals surface area contributed by atoms with Crippen molar-refractivity contribution in [2.24, 2.45) is 0 Å². The first-order valence-corrected chi connectivity index (χ1v) is 10.4. The lowest BCUT2D eigenvalue weighted by Gasteiger charge is -2.21. The molecule has 5 heterocycles. The van der Waals surface area contributed by atoms with Crippen LogP contribution in [0.5, 0.6) is 11.8 Å². The number of hydrogen-bond acceptors (Lipinski definition) is 7. The zero-order valence-corrected chi connectivity index (χ0v) is 17.3. The molecule has 9 nitrogen and oxygen atoms in total. The number of amides is 2. The van der Waals surface area contributed by atoms with Gasteiger partial charge in [0.1, 0.15) is 13.2 Å². The molecule has 0 atom stereocenters. The molecule has 162 valence electrons. The van der Waals surface area contributed by atoms with Crippen LogP contribution in [0.3, 0.4) is 0 Å². The van der Waals surface area contributed by atoms with Gasteiger partial charge in [-0.05, 0) is 18.2 Å². The number of aromatic nitrogens is 3. The van der Waals surface area contributed by atoms with Crippen LogP contribution in [0.1, 0.15) is 31.8 Å². The summed E-state index contributed by atoms with van der Waals surface area (Å²) in [4.78, 5) is 42.4. The molecule has 0 bridgehead atoms. The molecular weight excluding hydrogens is 410 g/mol. The summed E-state index contributed by atoms with van der Waals surface area (Å²) in [7, 11) is 0. The molecule has 3 aromatic heterocycles. The van der Waals surface area contributed by atoms with Crippen molar-refractivity contribution < 1.29 is 19.1 Å². The third-order valence-corrected chi connectivity index (χ3v) is 5.43. The SMILES string of the molecule is O=C(c1cncc(C(=O)N2CCOc3ncccc3C2)c1)N1CCOc2ncccc2C1. The Morgan fingerprint density at radius 2 is 1.28 bits per heavy atom. The number of nitrogens with zero attached hydrogens (tertiary/aromatic N) is 5. The Hall–Kier alpha value is -4.01. The van der Waals surface area contributed by atoms with Crippen LogP contribution in [0.2, 0.25) is 0 Å². The second kappa shape index (κ2) is 8.62. The van der Waals surface area contributed by atoms with E-state index in [1.54, 1.807) is 28.3 Å². The van der Waals surface area contributed by atoms with Crippen molar-refractivity contribution in [2.45, 2.75) is 13.1 Å². The van der Waals surface area contributed by atoms with Gasteiger partial charge in [0.05, 0.1) is 37.3 Å². The molecule has 0 radical (unpaired) electrons. The fourth-order valence-corrected chi connectivity index (χ4v) is 3.81. The minimum Gasteiger partial charge on any atom is -0.476 e. The maximum atomic E-state index is 13.2. The Kier molecular flexibility index (Phi) is 5.37. The van der Waals surface area contributed by atoms with E-state index in [1.807, 2.05) is 24.3 Å². The molecule has 2 aliphatic rings. The highest BCUT2D eigenvalue weighted by atomic mass is 16.5. The first kappa shape index (κ1) is 19.9. The molecule has 32 heavy (non-hydrogen) atoms. The largest absolute Gasteiger partial charge is 0.476 e. The van der Waals surface area contributed by atoms with Gasteiger partial charge < -0.3 is 19.3 Å². The van der Waals surface area contributed by atoms with Gasteiger partial charge in [-0.15, -0.1) is 0 Å². The molecular formula is C23H21N5O4. The quantitative estimate of drug-likeness (QED) is 0.612. The number of ether oxygens (including phenoxy) is 2. The van der Waals surface area contributed by atoms with Crippen molar-refractivity contribution in [3.8, 4) is 11.8 Å². The monoisotopic (exact) mass is 431 g/mol. The summed E-state index contributed by atoms with van der Waals surface area (Å²) in [5, 5.41) is 0. The molecule has 9 heteroatoms. The summed E-state index contributed by atoms with van der Waals surface area (Å²) < 4.78 is 11.3. The third kappa shape index (κ3) is 3.96. The number of fused-ring (bicyclic) bond motifs is 2. The summed E-state index contributed by atoms with van der Waals surface area (Å²) >= 11 is 0. The van der Waals surface area contributed by atoms with Crippen molar-refractivity contribution in [1.82, 2.24) is 24.8 Å². The highest BCUT2D eigenvalue weighted by Gasteiger charge is 2.25. The van der Waals surface area contributed by atoms with Gasteiger partial charge >= 0.3 is 0 Å². The van der Waals surface area contributed by atoms with E-state index < -0.39 is 0 Å². The Bertz CT molecular complexity index is 1080. The Morgan fingerprint density at radius 3 is 1.78 bits per heavy atom. The van der Waals surface area contributed by atoms with Gasteiger partial charge in [-0.2, -0.15) is 0 Å². The van der Waals surface area contributed by atoms with E-state index in [-0.39, 0.29) is 11.8 Å². The van der Waals surface area contributed by atoms with Gasteiger partial charge in [-0.1, -0.05) is 12.1 Å². The van der Waals surface area contributed by atoms with Crippen LogP contribution in [-0.4, -0.2) is 62.9 Å². The highest BCUT2D eigenvalue weighted by molar-refractivity contribution is 5.99. The normalized spacial score (nSPS) is 15.4. The van der Waals surface area contributed by atoms with Crippen molar-refractivity contribution in [3.63, 3.8) is 0 Å². The average Bonchev–Trinajstić information content (AvgIpc) is 3.19. The van der Waals surface area contributed by atoms with E-state index in [0.29, 0.717) is 62.3 Å². The highest BCUT2D eigenvalue weighted by Crippen LogP contribution is 2.23. The number of carbonyl (C=O) groups excluding carboxylic acids is 2. The lowest BCUT2D eigenvalue weighted by molar-refractivity contribution is 0.0729. The predicted octanol–water partition coefficient (Wildman–Crippen LogP) is 1.94. The predicted molar refractivity (Wildman–Crippen MR) is 113 cm³/mol. The third-order valence-electron chi connectivity index (χ3n) is 5.43. The second-order valence-electron chi connectivity index (χ2n) is 7.55. The number of pyridine rings is 3. The van der Waals surface area contributed by atoms with E-state index in [2.05, 4.69) is 15.0 Å². The van der Waals surface area contributed by atoms with Gasteiger partial charge in [-0.3, -0.25) is 14.6 Å². The van der Waals surface area contributed by atoms with Crippen LogP contribution in [0.4, 0.5) is 0 Å². The minimum absolute atomic E-state index is 0.207. The molecule has 0 N–H and O–H groups in total. The van der Waals surface area contributed by atoms with Crippen LogP contribution in [0.25, 0.3) is 0 Å². The lowest BCUT2D eigenvalue weighted by Crippen LogP contribution is -2.34. The number of carbonyl (C=O) groups is 2. The fourth-order valence-electron chi connectivity index (χ4n) is 3.81. The van der Waals surface area contributed by atoms with Crippen LogP contribution in [-0.2, 0) is 13.1 Å². The summed E-state index contributed by atoms with van der Waals surface area (Å²) in [5.74, 6) is 0.674. The van der Waals surface area contributed by atoms with Gasteiger partial charge in [0.15, 0.2) is 0 Å². The molecule has 0 fully saturated rings. The second-order valence-corrected chi connectivity index (χ2v) is 7.55. The number of hydrogen-bond donors (Lipinski definition) is 0. The fraction of sp³-hybridized carbons (Fsp3) is 0.261. The van der Waals surface area contributed by atoms with Gasteiger partial charge in [0, 0.05) is 35.9 Å². The van der Waals surface area contributed by atoms with Gasteiger partial charge in [0.2, 0.25) is 11.8 Å². The number of rotatable bonds is 2. The molecule has 0 saturated heterocycles. The molecule has 3 aromatic rings. The molecule has 0 aliphatic carbocycles. The molecule has 0 saturated carbocycles. The van der Waals surface area contributed by atoms with Crippen molar-refractivity contribution in [3.05, 3.63) is 77.4 Å². The lowest BCUT2D eigenvalue weighted by atomic mass is 10.1. The van der Waals surface area contributed by atoms with Crippen LogP contribution in [0, 0.1) is 0 Å². The first-order valence-electron chi connectivity index (χ1n) is 10.4. The molecule has 0 unspecified atom stereocenters. The topological polar surface area (TPSA) is 97.8 Å². The Balaban J connectivity index is 1.35. The van der Waals surface area contributed by atoms with Crippen molar-refractivity contribution in [1.29, 1.82) is 0 Å². The molecule has 2 amide bonds. The van der Waals surface area contributed by atoms with Gasteiger partial charge in [-0.25, -0.2) is 9.97 Å². The maximum Gasteiger partial charge on any atom is 0.255 e. The van der Waals surface area contributed by atoms with Crippen LogP contribution >= 0.6 is 0 Å². The van der Waals surface area contributed by atoms with Gasteiger partial charge in [0.25, 0.3) is 11.8 Å². The Morgan fingerprint density at radius 1 is 0.781 bits per heavy atom. The maximum absolute atomic E-state index is 13.2. The molecule has 0 aromatic carbocycles. The van der Waals surface area contributed by atoms with E-state index in [0.717, 1.165) is 11.1 Å². The standard InChI is InChI=1S/C23H21N5O4/c29-22(27-7-9-31-20-16(14-27)3-1-5-25-20)18-11-19(13-24-12-18)23(30)28-8-10-32-21-17(15-28)4-2-6-26-21/h1-6,11-13H,7-10,14-15H2. The average molecular weight is 431 g/mol. The summed E-state index contributed by atoms with van der Waals surface area (Å²) in [6.45, 7) is 2.30. The zero-order valence-electron chi connectivity index (χ0n) is 17.3. The van der Waals surface area contributed by atoms with Crippen LogP contribution in [0.15, 0.2) is 55.1 Å². The van der Waals surface area contributed by atoms with E-state index >= 15 is 0 Å². The smallest absolute Gasteiger partial charge is 0.255 e. The van der Waals surface area contributed by atoms with Crippen molar-refractivity contribution >= 4 is 11.8 Å². The van der Waals surface area contributed by atoms with Crippen LogP contribution < -0.4 is 9.47 Å². The Labute approximate surface area is 184 Å². The summed E-state index contributed by atoms with van der Waals surface area (Å²) in [6, 6.07) is 9.01. The summed E-state index contributed by atoms with van der Waals surface area (Å²) in [6.07, 6.45) is 6.30. The van der Waals surface area contributed by atoms with E-state index in [9.17, 15) is 9.59 Å². The zero-order chi connectivity index (χ0) is 21.9. The van der Waals surface area contributed by atoms with Crippen molar-refractivity contribution in [2.75, 3.05) is 26.3 Å². The minimum atomic E-state index is -0.207. The van der Waals surface area contributed by atoms with E-state index in [4.69, 9.17) is 9.47 Å². The summed E-state index contributed by atoms with van der Waals surface area (Å²) in [5.41, 5.74) is 2.40. The molecule has 2 aliphatic heterocycles.